The highest BCUT2D eigenvalue weighted by Crippen LogP contribution is 2.66. The van der Waals surface area contributed by atoms with Crippen LogP contribution in [0.4, 0.5) is 0 Å². The monoisotopic (exact) mass is 322 g/mol. The van der Waals surface area contributed by atoms with Gasteiger partial charge in [-0.1, -0.05) is 32.4 Å². The predicted molar refractivity (Wildman–Crippen MR) is 91.9 cm³/mol. The van der Waals surface area contributed by atoms with Crippen molar-refractivity contribution in [3.05, 3.63) is 11.6 Å². The molecule has 3 aliphatic rings. The minimum absolute atomic E-state index is 0.117. The van der Waals surface area contributed by atoms with Crippen LogP contribution < -0.4 is 0 Å². The van der Waals surface area contributed by atoms with E-state index in [1.807, 2.05) is 0 Å². The van der Waals surface area contributed by atoms with Gasteiger partial charge in [0.1, 0.15) is 0 Å². The Kier molecular flexibility index (Phi) is 4.23. The Morgan fingerprint density at radius 2 is 1.91 bits per heavy atom. The Balaban J connectivity index is 1.95. The van der Waals surface area contributed by atoms with E-state index >= 15 is 0 Å². The van der Waals surface area contributed by atoms with Gasteiger partial charge in [0.2, 0.25) is 0 Å². The molecule has 0 heterocycles. The van der Waals surface area contributed by atoms with E-state index < -0.39 is 6.10 Å². The molecule has 3 N–H and O–H groups in total. The molecule has 0 radical (unpaired) electrons. The second-order valence-electron chi connectivity index (χ2n) is 9.37. The van der Waals surface area contributed by atoms with Crippen LogP contribution in [-0.4, -0.2) is 34.1 Å². The summed E-state index contributed by atoms with van der Waals surface area (Å²) in [5, 5.41) is 30.7. The molecule has 3 nitrogen and oxygen atoms in total. The van der Waals surface area contributed by atoms with Crippen LogP contribution in [-0.2, 0) is 0 Å². The highest BCUT2D eigenvalue weighted by atomic mass is 16.3. The molecular formula is C20H34O3. The number of aliphatic hydroxyl groups is 3. The molecule has 0 saturated heterocycles. The lowest BCUT2D eigenvalue weighted by atomic mass is 9.42. The van der Waals surface area contributed by atoms with E-state index in [9.17, 15) is 15.3 Å². The molecule has 2 fully saturated rings. The number of fused-ring (bicyclic) bond motifs is 3. The zero-order chi connectivity index (χ0) is 17.0. The highest BCUT2D eigenvalue weighted by Gasteiger charge is 2.61. The van der Waals surface area contributed by atoms with Crippen LogP contribution >= 0.6 is 0 Å². The molecule has 0 aliphatic heterocycles. The molecule has 3 rings (SSSR count). The molecule has 23 heavy (non-hydrogen) atoms. The lowest BCUT2D eigenvalue weighted by molar-refractivity contribution is -0.175. The summed E-state index contributed by atoms with van der Waals surface area (Å²) in [4.78, 5) is 0. The fraction of sp³-hybridized carbons (Fsp3) is 0.900. The second kappa shape index (κ2) is 5.57. The third-order valence-electron chi connectivity index (χ3n) is 8.21. The topological polar surface area (TPSA) is 60.7 Å². The molecule has 0 spiro atoms. The maximum atomic E-state index is 11.0. The smallest absolute Gasteiger partial charge is 0.0824 e. The van der Waals surface area contributed by atoms with Crippen LogP contribution in [0.25, 0.3) is 0 Å². The van der Waals surface area contributed by atoms with Crippen molar-refractivity contribution in [3.63, 3.8) is 0 Å². The summed E-state index contributed by atoms with van der Waals surface area (Å²) in [6.07, 6.45) is 7.38. The van der Waals surface area contributed by atoms with E-state index in [0.29, 0.717) is 5.92 Å². The van der Waals surface area contributed by atoms with E-state index in [4.69, 9.17) is 0 Å². The predicted octanol–water partition coefficient (Wildman–Crippen LogP) is 3.28. The van der Waals surface area contributed by atoms with Crippen molar-refractivity contribution in [2.75, 3.05) is 6.61 Å². The number of allylic oxidation sites excluding steroid dienone is 2. The standard InChI is InChI=1S/C20H34O3/c1-13-6-5-7-16-19(3)9-8-18(2,17(23)12-21)10-14(19)15(22)11-20(13,16)4/h6,14-17,21-23H,5,7-12H2,1-4H3. The molecular weight excluding hydrogens is 288 g/mol. The Labute approximate surface area is 140 Å². The van der Waals surface area contributed by atoms with Crippen molar-refractivity contribution in [2.45, 2.75) is 78.4 Å². The van der Waals surface area contributed by atoms with Gasteiger partial charge in [-0.05, 0) is 73.5 Å². The minimum atomic E-state index is -0.680. The maximum absolute atomic E-state index is 11.0. The third-order valence-corrected chi connectivity index (χ3v) is 8.21. The number of hydrogen-bond acceptors (Lipinski definition) is 3. The van der Waals surface area contributed by atoms with Gasteiger partial charge in [-0.25, -0.2) is 0 Å². The molecule has 2 saturated carbocycles. The zero-order valence-electron chi connectivity index (χ0n) is 15.2. The Morgan fingerprint density at radius 1 is 1.22 bits per heavy atom. The van der Waals surface area contributed by atoms with Gasteiger partial charge >= 0.3 is 0 Å². The molecule has 7 atom stereocenters. The summed E-state index contributed by atoms with van der Waals surface area (Å²) in [6, 6.07) is 0. The molecule has 0 amide bonds. The Bertz CT molecular complexity index is 501. The van der Waals surface area contributed by atoms with E-state index in [-0.39, 0.29) is 34.9 Å². The zero-order valence-corrected chi connectivity index (χ0v) is 15.2. The van der Waals surface area contributed by atoms with Crippen LogP contribution in [0.5, 0.6) is 0 Å². The van der Waals surface area contributed by atoms with Gasteiger partial charge in [-0.3, -0.25) is 0 Å². The minimum Gasteiger partial charge on any atom is -0.394 e. The SMILES string of the molecule is CC1=CCCC2C1(C)CC(O)C1CC(C)(C(O)CO)CCC12C. The van der Waals surface area contributed by atoms with Crippen molar-refractivity contribution < 1.29 is 15.3 Å². The van der Waals surface area contributed by atoms with Gasteiger partial charge in [0.05, 0.1) is 18.8 Å². The van der Waals surface area contributed by atoms with Crippen molar-refractivity contribution in [2.24, 2.45) is 28.1 Å². The first-order valence-corrected chi connectivity index (χ1v) is 9.31. The van der Waals surface area contributed by atoms with Crippen LogP contribution in [0.1, 0.15) is 66.2 Å². The number of hydrogen-bond donors (Lipinski definition) is 3. The second-order valence-corrected chi connectivity index (χ2v) is 9.37. The summed E-state index contributed by atoms with van der Waals surface area (Å²) >= 11 is 0. The largest absolute Gasteiger partial charge is 0.394 e. The lowest BCUT2D eigenvalue weighted by Crippen LogP contribution is -2.60. The van der Waals surface area contributed by atoms with Crippen molar-refractivity contribution in [3.8, 4) is 0 Å². The summed E-state index contributed by atoms with van der Waals surface area (Å²) in [7, 11) is 0. The fourth-order valence-corrected chi connectivity index (χ4v) is 6.34. The number of aliphatic hydroxyl groups excluding tert-OH is 3. The number of rotatable bonds is 2. The first-order chi connectivity index (χ1) is 10.7. The highest BCUT2D eigenvalue weighted by molar-refractivity contribution is 5.23. The average Bonchev–Trinajstić information content (AvgIpc) is 2.50. The van der Waals surface area contributed by atoms with E-state index in [0.717, 1.165) is 32.1 Å². The van der Waals surface area contributed by atoms with Crippen molar-refractivity contribution in [1.29, 1.82) is 0 Å². The van der Waals surface area contributed by atoms with Gasteiger partial charge in [0.15, 0.2) is 0 Å². The van der Waals surface area contributed by atoms with Crippen molar-refractivity contribution >= 4 is 0 Å². The summed E-state index contributed by atoms with van der Waals surface area (Å²) in [6.45, 7) is 8.88. The Hall–Kier alpha value is -0.380. The molecule has 3 heteroatoms. The van der Waals surface area contributed by atoms with Gasteiger partial charge in [0.25, 0.3) is 0 Å². The third kappa shape index (κ3) is 2.42. The molecule has 0 aromatic heterocycles. The molecule has 3 aliphatic carbocycles. The van der Waals surface area contributed by atoms with Gasteiger partial charge in [-0.2, -0.15) is 0 Å². The molecule has 7 unspecified atom stereocenters. The Morgan fingerprint density at radius 3 is 2.57 bits per heavy atom. The quantitative estimate of drug-likeness (QED) is 0.684. The van der Waals surface area contributed by atoms with Crippen molar-refractivity contribution in [1.82, 2.24) is 0 Å². The molecule has 0 aromatic carbocycles. The van der Waals surface area contributed by atoms with E-state index in [1.54, 1.807) is 0 Å². The lowest BCUT2D eigenvalue weighted by Gasteiger charge is -2.64. The van der Waals surface area contributed by atoms with Crippen LogP contribution in [0.2, 0.25) is 0 Å². The van der Waals surface area contributed by atoms with Gasteiger partial charge in [0, 0.05) is 0 Å². The molecule has 0 aromatic rings. The van der Waals surface area contributed by atoms with Gasteiger partial charge < -0.3 is 15.3 Å². The normalized spacial score (nSPS) is 51.4. The van der Waals surface area contributed by atoms with Crippen LogP contribution in [0.15, 0.2) is 11.6 Å². The first kappa shape index (κ1) is 17.4. The summed E-state index contributed by atoms with van der Waals surface area (Å²) in [5.74, 6) is 0.843. The van der Waals surface area contributed by atoms with E-state index in [1.165, 1.54) is 12.0 Å². The fourth-order valence-electron chi connectivity index (χ4n) is 6.34. The first-order valence-electron chi connectivity index (χ1n) is 9.31. The van der Waals surface area contributed by atoms with E-state index in [2.05, 4.69) is 33.8 Å². The summed E-state index contributed by atoms with van der Waals surface area (Å²) < 4.78 is 0. The summed E-state index contributed by atoms with van der Waals surface area (Å²) in [5.41, 5.74) is 1.44. The van der Waals surface area contributed by atoms with Crippen LogP contribution in [0, 0.1) is 28.1 Å². The van der Waals surface area contributed by atoms with Gasteiger partial charge in [-0.15, -0.1) is 0 Å². The average molecular weight is 322 g/mol. The van der Waals surface area contributed by atoms with Crippen LogP contribution in [0.3, 0.4) is 0 Å². The molecule has 132 valence electrons. The molecule has 0 bridgehead atoms. The maximum Gasteiger partial charge on any atom is 0.0824 e.